The largest absolute Gasteiger partial charge is 0.481 e. The minimum atomic E-state index is -1.08. The number of carbonyl (C=O) groups excluding carboxylic acids is 1. The van der Waals surface area contributed by atoms with Crippen LogP contribution < -0.4 is 5.73 Å². The van der Waals surface area contributed by atoms with Crippen LogP contribution >= 0.6 is 0 Å². The predicted molar refractivity (Wildman–Crippen MR) is 85.5 cm³/mol. The zero-order valence-corrected chi connectivity index (χ0v) is 13.7. The molecule has 0 atom stereocenters. The summed E-state index contributed by atoms with van der Waals surface area (Å²) in [5.41, 5.74) is 5.05. The molecule has 0 unspecified atom stereocenters. The third-order valence-electron chi connectivity index (χ3n) is 3.08. The van der Waals surface area contributed by atoms with Crippen LogP contribution in [0.5, 0.6) is 0 Å². The molecular weight excluding hydrogens is 286 g/mol. The molecule has 0 aromatic rings. The standard InChI is InChI=1S/C12H25NO.C4H6O4/c1-2-3-4-5-6-7-8-9-10-11-12(13)14;5-3(6)1-2-4(7)8/h2-11H2,1H3,(H2,13,14);1-2H2,(H,5,6)(H,7,8). The highest BCUT2D eigenvalue weighted by molar-refractivity contribution is 5.75. The number of rotatable bonds is 13. The van der Waals surface area contributed by atoms with E-state index in [1.54, 1.807) is 0 Å². The second-order valence-corrected chi connectivity index (χ2v) is 5.33. The molecule has 0 radical (unpaired) electrons. The number of carboxylic acid groups (broad SMARTS) is 2. The first kappa shape index (κ1) is 22.7. The van der Waals surface area contributed by atoms with Crippen LogP contribution in [0, 0.1) is 0 Å². The zero-order chi connectivity index (χ0) is 17.2. The third-order valence-corrected chi connectivity index (χ3v) is 3.08. The van der Waals surface area contributed by atoms with Crippen molar-refractivity contribution in [2.75, 3.05) is 0 Å². The lowest BCUT2D eigenvalue weighted by Crippen LogP contribution is -2.09. The lowest BCUT2D eigenvalue weighted by atomic mass is 10.1. The summed E-state index contributed by atoms with van der Waals surface area (Å²) in [4.78, 5) is 29.7. The average Bonchev–Trinajstić information content (AvgIpc) is 2.44. The topological polar surface area (TPSA) is 118 Å². The molecule has 1 amide bonds. The van der Waals surface area contributed by atoms with Gasteiger partial charge in [-0.15, -0.1) is 0 Å². The fourth-order valence-corrected chi connectivity index (χ4v) is 1.82. The van der Waals surface area contributed by atoms with E-state index in [4.69, 9.17) is 15.9 Å². The van der Waals surface area contributed by atoms with Crippen LogP contribution in [0.15, 0.2) is 0 Å². The minimum absolute atomic E-state index is 0.159. The number of carboxylic acids is 2. The number of unbranched alkanes of at least 4 members (excludes halogenated alkanes) is 8. The van der Waals surface area contributed by atoms with Gasteiger partial charge in [-0.2, -0.15) is 0 Å². The van der Waals surface area contributed by atoms with Crippen LogP contribution in [0.3, 0.4) is 0 Å². The normalized spacial score (nSPS) is 9.68. The summed E-state index contributed by atoms with van der Waals surface area (Å²) in [6, 6.07) is 0. The molecule has 0 saturated carbocycles. The summed E-state index contributed by atoms with van der Waals surface area (Å²) in [7, 11) is 0. The molecule has 6 heteroatoms. The Morgan fingerprint density at radius 3 is 1.36 bits per heavy atom. The van der Waals surface area contributed by atoms with Crippen molar-refractivity contribution in [1.82, 2.24) is 0 Å². The maximum absolute atomic E-state index is 10.4. The van der Waals surface area contributed by atoms with Crippen molar-refractivity contribution in [3.63, 3.8) is 0 Å². The van der Waals surface area contributed by atoms with Gasteiger partial charge < -0.3 is 15.9 Å². The third kappa shape index (κ3) is 26.9. The van der Waals surface area contributed by atoms with E-state index in [9.17, 15) is 14.4 Å². The van der Waals surface area contributed by atoms with E-state index in [0.29, 0.717) is 6.42 Å². The van der Waals surface area contributed by atoms with Gasteiger partial charge in [0.2, 0.25) is 5.91 Å². The van der Waals surface area contributed by atoms with Crippen LogP contribution in [0.2, 0.25) is 0 Å². The van der Waals surface area contributed by atoms with E-state index in [1.165, 1.54) is 44.9 Å². The van der Waals surface area contributed by atoms with Crippen LogP contribution in [0.25, 0.3) is 0 Å². The summed E-state index contributed by atoms with van der Waals surface area (Å²) < 4.78 is 0. The highest BCUT2D eigenvalue weighted by Gasteiger charge is 2.00. The number of nitrogens with two attached hydrogens (primary N) is 1. The number of amides is 1. The number of carbonyl (C=O) groups is 3. The van der Waals surface area contributed by atoms with Crippen LogP contribution in [0.1, 0.15) is 84.0 Å². The van der Waals surface area contributed by atoms with Gasteiger partial charge in [0.25, 0.3) is 0 Å². The molecule has 22 heavy (non-hydrogen) atoms. The molecule has 0 fully saturated rings. The van der Waals surface area contributed by atoms with Crippen molar-refractivity contribution in [2.24, 2.45) is 5.73 Å². The van der Waals surface area contributed by atoms with Gasteiger partial charge in [0.1, 0.15) is 0 Å². The lowest BCUT2D eigenvalue weighted by Gasteiger charge is -2.00. The molecule has 0 spiro atoms. The van der Waals surface area contributed by atoms with Crippen molar-refractivity contribution in [1.29, 1.82) is 0 Å². The van der Waals surface area contributed by atoms with E-state index in [-0.39, 0.29) is 18.7 Å². The summed E-state index contributed by atoms with van der Waals surface area (Å²) in [6.07, 6.45) is 11.5. The van der Waals surface area contributed by atoms with Crippen LogP contribution in [-0.2, 0) is 14.4 Å². The maximum Gasteiger partial charge on any atom is 0.303 e. The Bertz CT molecular complexity index is 291. The minimum Gasteiger partial charge on any atom is -0.481 e. The molecule has 0 aliphatic rings. The number of hydrogen-bond donors (Lipinski definition) is 3. The van der Waals surface area contributed by atoms with Gasteiger partial charge in [0, 0.05) is 6.42 Å². The zero-order valence-electron chi connectivity index (χ0n) is 13.7. The van der Waals surface area contributed by atoms with Crippen molar-refractivity contribution in [3.8, 4) is 0 Å². The summed E-state index contributed by atoms with van der Waals surface area (Å²) in [5.74, 6) is -2.31. The van der Waals surface area contributed by atoms with Crippen molar-refractivity contribution in [2.45, 2.75) is 84.0 Å². The Hall–Kier alpha value is -1.59. The summed E-state index contributed by atoms with van der Waals surface area (Å²) in [5, 5.41) is 15.8. The molecule has 0 aromatic heterocycles. The molecule has 0 saturated heterocycles. The fourth-order valence-electron chi connectivity index (χ4n) is 1.82. The second kappa shape index (κ2) is 17.5. The van der Waals surface area contributed by atoms with Gasteiger partial charge in [-0.1, -0.05) is 58.3 Å². The number of aliphatic carboxylic acids is 2. The average molecular weight is 317 g/mol. The number of hydrogen-bond acceptors (Lipinski definition) is 3. The van der Waals surface area contributed by atoms with Crippen molar-refractivity contribution >= 4 is 17.8 Å². The fraction of sp³-hybridized carbons (Fsp3) is 0.812. The first-order valence-corrected chi connectivity index (χ1v) is 8.12. The van der Waals surface area contributed by atoms with Gasteiger partial charge in [-0.25, -0.2) is 0 Å². The van der Waals surface area contributed by atoms with E-state index >= 15 is 0 Å². The molecule has 4 N–H and O–H groups in total. The Morgan fingerprint density at radius 2 is 1.05 bits per heavy atom. The maximum atomic E-state index is 10.4. The molecule has 0 heterocycles. The Labute approximate surface area is 133 Å². The smallest absolute Gasteiger partial charge is 0.303 e. The first-order chi connectivity index (χ1) is 10.4. The van der Waals surface area contributed by atoms with Crippen molar-refractivity contribution < 1.29 is 24.6 Å². The molecule has 0 aromatic carbocycles. The van der Waals surface area contributed by atoms with Crippen LogP contribution in [0.4, 0.5) is 0 Å². The Morgan fingerprint density at radius 1 is 0.682 bits per heavy atom. The highest BCUT2D eigenvalue weighted by atomic mass is 16.4. The molecule has 6 nitrogen and oxygen atoms in total. The molecular formula is C16H31NO5. The van der Waals surface area contributed by atoms with E-state index in [0.717, 1.165) is 12.8 Å². The molecule has 130 valence electrons. The molecule has 0 rings (SSSR count). The van der Waals surface area contributed by atoms with Gasteiger partial charge in [0.05, 0.1) is 12.8 Å². The second-order valence-electron chi connectivity index (χ2n) is 5.33. The highest BCUT2D eigenvalue weighted by Crippen LogP contribution is 2.10. The molecule has 0 aliphatic carbocycles. The molecule has 0 aliphatic heterocycles. The van der Waals surface area contributed by atoms with Gasteiger partial charge >= 0.3 is 11.9 Å². The predicted octanol–water partition coefficient (Wildman–Crippen LogP) is 3.33. The van der Waals surface area contributed by atoms with Gasteiger partial charge in [0.15, 0.2) is 0 Å². The van der Waals surface area contributed by atoms with E-state index in [2.05, 4.69) is 6.92 Å². The van der Waals surface area contributed by atoms with Crippen molar-refractivity contribution in [3.05, 3.63) is 0 Å². The monoisotopic (exact) mass is 317 g/mol. The quantitative estimate of drug-likeness (QED) is 0.450. The number of primary amides is 1. The van der Waals surface area contributed by atoms with Gasteiger partial charge in [-0.3, -0.25) is 14.4 Å². The van der Waals surface area contributed by atoms with E-state index in [1.807, 2.05) is 0 Å². The van der Waals surface area contributed by atoms with E-state index < -0.39 is 11.9 Å². The summed E-state index contributed by atoms with van der Waals surface area (Å²) in [6.45, 7) is 2.24. The SMILES string of the molecule is CCCCCCCCCCCC(N)=O.O=C(O)CCC(=O)O. The van der Waals surface area contributed by atoms with Crippen LogP contribution in [-0.4, -0.2) is 28.1 Å². The molecule has 0 bridgehead atoms. The summed E-state index contributed by atoms with van der Waals surface area (Å²) >= 11 is 0. The van der Waals surface area contributed by atoms with Gasteiger partial charge in [-0.05, 0) is 6.42 Å². The Kier molecular flexibility index (Phi) is 18.0. The Balaban J connectivity index is 0. The first-order valence-electron chi connectivity index (χ1n) is 8.12. The lowest BCUT2D eigenvalue weighted by molar-refractivity contribution is -0.143.